The Morgan fingerprint density at radius 1 is 1.21 bits per heavy atom. The van der Waals surface area contributed by atoms with Crippen LogP contribution in [0.4, 0.5) is 0 Å². The summed E-state index contributed by atoms with van der Waals surface area (Å²) < 4.78 is 5.48. The monoisotopic (exact) mass is 195 g/mol. The van der Waals surface area contributed by atoms with Gasteiger partial charge < -0.3 is 9.84 Å². The molecule has 0 aliphatic carbocycles. The molecule has 78 valence electrons. The van der Waals surface area contributed by atoms with Crippen molar-refractivity contribution < 1.29 is 9.84 Å². The molecule has 0 atom stereocenters. The van der Waals surface area contributed by atoms with Crippen LogP contribution in [0.3, 0.4) is 0 Å². The second-order valence-corrected chi connectivity index (χ2v) is 3.45. The SMILES string of the molecule is CCCOc1nc(C)c(O)c(C)c1C. The molecule has 0 saturated heterocycles. The summed E-state index contributed by atoms with van der Waals surface area (Å²) >= 11 is 0. The van der Waals surface area contributed by atoms with Gasteiger partial charge in [-0.1, -0.05) is 6.92 Å². The highest BCUT2D eigenvalue weighted by Crippen LogP contribution is 2.28. The Labute approximate surface area is 84.7 Å². The molecule has 0 amide bonds. The van der Waals surface area contributed by atoms with E-state index in [-0.39, 0.29) is 5.75 Å². The zero-order chi connectivity index (χ0) is 10.7. The molecular formula is C11H17NO2. The van der Waals surface area contributed by atoms with Crippen molar-refractivity contribution in [3.8, 4) is 11.6 Å². The van der Waals surface area contributed by atoms with E-state index >= 15 is 0 Å². The average Bonchev–Trinajstić information content (AvgIpc) is 2.18. The molecule has 1 aromatic rings. The van der Waals surface area contributed by atoms with Crippen LogP contribution in [0.15, 0.2) is 0 Å². The quantitative estimate of drug-likeness (QED) is 0.805. The lowest BCUT2D eigenvalue weighted by Gasteiger charge is -2.12. The average molecular weight is 195 g/mol. The molecule has 1 aromatic heterocycles. The summed E-state index contributed by atoms with van der Waals surface area (Å²) in [5, 5.41) is 9.62. The zero-order valence-electron chi connectivity index (χ0n) is 9.22. The summed E-state index contributed by atoms with van der Waals surface area (Å²) in [6.07, 6.45) is 0.958. The van der Waals surface area contributed by atoms with E-state index in [1.54, 1.807) is 6.92 Å². The van der Waals surface area contributed by atoms with Gasteiger partial charge in [0, 0.05) is 11.1 Å². The van der Waals surface area contributed by atoms with Crippen molar-refractivity contribution in [2.75, 3.05) is 6.61 Å². The van der Waals surface area contributed by atoms with Gasteiger partial charge in [0.15, 0.2) is 0 Å². The number of aryl methyl sites for hydroxylation is 1. The number of hydrogen-bond acceptors (Lipinski definition) is 3. The maximum Gasteiger partial charge on any atom is 0.216 e. The fraction of sp³-hybridized carbons (Fsp3) is 0.545. The third-order valence-electron chi connectivity index (χ3n) is 2.29. The van der Waals surface area contributed by atoms with Crippen LogP contribution < -0.4 is 4.74 Å². The largest absolute Gasteiger partial charge is 0.506 e. The molecule has 1 rings (SSSR count). The molecular weight excluding hydrogens is 178 g/mol. The van der Waals surface area contributed by atoms with Gasteiger partial charge in [-0.15, -0.1) is 0 Å². The lowest BCUT2D eigenvalue weighted by molar-refractivity contribution is 0.300. The topological polar surface area (TPSA) is 42.4 Å². The Hall–Kier alpha value is -1.25. The smallest absolute Gasteiger partial charge is 0.216 e. The number of ether oxygens (including phenoxy) is 1. The van der Waals surface area contributed by atoms with Gasteiger partial charge in [0.1, 0.15) is 5.75 Å². The zero-order valence-corrected chi connectivity index (χ0v) is 9.22. The Balaban J connectivity index is 3.06. The van der Waals surface area contributed by atoms with E-state index in [4.69, 9.17) is 4.74 Å². The Kier molecular flexibility index (Phi) is 3.33. The summed E-state index contributed by atoms with van der Waals surface area (Å²) in [6, 6.07) is 0. The molecule has 0 aromatic carbocycles. The summed E-state index contributed by atoms with van der Waals surface area (Å²) in [4.78, 5) is 4.20. The normalized spacial score (nSPS) is 10.3. The van der Waals surface area contributed by atoms with Crippen molar-refractivity contribution in [3.63, 3.8) is 0 Å². The molecule has 0 saturated carbocycles. The highest BCUT2D eigenvalue weighted by molar-refractivity contribution is 5.45. The number of rotatable bonds is 3. The van der Waals surface area contributed by atoms with Gasteiger partial charge in [-0.2, -0.15) is 0 Å². The minimum atomic E-state index is 0.270. The Morgan fingerprint density at radius 2 is 1.86 bits per heavy atom. The van der Waals surface area contributed by atoms with Crippen molar-refractivity contribution in [2.24, 2.45) is 0 Å². The van der Waals surface area contributed by atoms with Crippen molar-refractivity contribution >= 4 is 0 Å². The molecule has 0 aliphatic rings. The Bertz CT molecular complexity index is 335. The van der Waals surface area contributed by atoms with Crippen LogP contribution in [-0.4, -0.2) is 16.7 Å². The molecule has 0 bridgehead atoms. The van der Waals surface area contributed by atoms with Gasteiger partial charge in [-0.25, -0.2) is 4.98 Å². The molecule has 3 heteroatoms. The highest BCUT2D eigenvalue weighted by atomic mass is 16.5. The fourth-order valence-electron chi connectivity index (χ4n) is 1.24. The standard InChI is InChI=1S/C11H17NO2/c1-5-6-14-11-8(3)7(2)10(13)9(4)12-11/h13H,5-6H2,1-4H3. The first kappa shape index (κ1) is 10.8. The van der Waals surface area contributed by atoms with Crippen LogP contribution in [0, 0.1) is 20.8 Å². The van der Waals surface area contributed by atoms with Crippen LogP contribution in [0.25, 0.3) is 0 Å². The second-order valence-electron chi connectivity index (χ2n) is 3.45. The highest BCUT2D eigenvalue weighted by Gasteiger charge is 2.11. The predicted molar refractivity (Wildman–Crippen MR) is 55.9 cm³/mol. The second kappa shape index (κ2) is 4.31. The first-order chi connectivity index (χ1) is 6.57. The molecule has 0 spiro atoms. The molecule has 14 heavy (non-hydrogen) atoms. The van der Waals surface area contributed by atoms with E-state index < -0.39 is 0 Å². The summed E-state index contributed by atoms with van der Waals surface area (Å²) in [7, 11) is 0. The molecule has 0 aliphatic heterocycles. The van der Waals surface area contributed by atoms with Crippen LogP contribution >= 0.6 is 0 Å². The predicted octanol–water partition coefficient (Wildman–Crippen LogP) is 2.50. The van der Waals surface area contributed by atoms with Crippen LogP contribution in [0.5, 0.6) is 11.6 Å². The van der Waals surface area contributed by atoms with Crippen LogP contribution in [-0.2, 0) is 0 Å². The van der Waals surface area contributed by atoms with E-state index in [0.29, 0.717) is 18.2 Å². The van der Waals surface area contributed by atoms with Gasteiger partial charge in [-0.3, -0.25) is 0 Å². The van der Waals surface area contributed by atoms with Gasteiger partial charge in [-0.05, 0) is 27.2 Å². The summed E-state index contributed by atoms with van der Waals surface area (Å²) in [6.45, 7) is 8.28. The molecule has 0 radical (unpaired) electrons. The van der Waals surface area contributed by atoms with Crippen molar-refractivity contribution in [2.45, 2.75) is 34.1 Å². The number of aromatic nitrogens is 1. The first-order valence-corrected chi connectivity index (χ1v) is 4.87. The van der Waals surface area contributed by atoms with E-state index in [1.807, 2.05) is 13.8 Å². The fourth-order valence-corrected chi connectivity index (χ4v) is 1.24. The maximum absolute atomic E-state index is 9.62. The van der Waals surface area contributed by atoms with E-state index in [2.05, 4.69) is 11.9 Å². The lowest BCUT2D eigenvalue weighted by Crippen LogP contribution is -2.02. The Morgan fingerprint density at radius 3 is 2.43 bits per heavy atom. The number of aromatic hydroxyl groups is 1. The number of pyridine rings is 1. The third-order valence-corrected chi connectivity index (χ3v) is 2.29. The van der Waals surface area contributed by atoms with Gasteiger partial charge in [0.2, 0.25) is 5.88 Å². The summed E-state index contributed by atoms with van der Waals surface area (Å²) in [5.41, 5.74) is 2.39. The summed E-state index contributed by atoms with van der Waals surface area (Å²) in [5.74, 6) is 0.908. The van der Waals surface area contributed by atoms with Gasteiger partial charge in [0.25, 0.3) is 0 Å². The van der Waals surface area contributed by atoms with E-state index in [1.165, 1.54) is 0 Å². The minimum absolute atomic E-state index is 0.270. The molecule has 0 unspecified atom stereocenters. The van der Waals surface area contributed by atoms with E-state index in [9.17, 15) is 5.11 Å². The van der Waals surface area contributed by atoms with Crippen molar-refractivity contribution in [1.82, 2.24) is 4.98 Å². The van der Waals surface area contributed by atoms with Crippen molar-refractivity contribution in [3.05, 3.63) is 16.8 Å². The maximum atomic E-state index is 9.62. The molecule has 0 fully saturated rings. The molecule has 1 heterocycles. The number of nitrogens with zero attached hydrogens (tertiary/aromatic N) is 1. The van der Waals surface area contributed by atoms with Crippen molar-refractivity contribution in [1.29, 1.82) is 0 Å². The first-order valence-electron chi connectivity index (χ1n) is 4.87. The number of hydrogen-bond donors (Lipinski definition) is 1. The van der Waals surface area contributed by atoms with E-state index in [0.717, 1.165) is 17.5 Å². The van der Waals surface area contributed by atoms with Gasteiger partial charge >= 0.3 is 0 Å². The molecule has 1 N–H and O–H groups in total. The van der Waals surface area contributed by atoms with Crippen LogP contribution in [0.1, 0.15) is 30.2 Å². The third kappa shape index (κ3) is 1.97. The lowest BCUT2D eigenvalue weighted by atomic mass is 10.1. The molecule has 3 nitrogen and oxygen atoms in total. The van der Waals surface area contributed by atoms with Crippen LogP contribution in [0.2, 0.25) is 0 Å². The van der Waals surface area contributed by atoms with Gasteiger partial charge in [0.05, 0.1) is 12.3 Å². The minimum Gasteiger partial charge on any atom is -0.506 e.